The Labute approximate surface area is 94.1 Å². The van der Waals surface area contributed by atoms with Crippen molar-refractivity contribution >= 4 is 5.91 Å². The first-order valence-corrected chi connectivity index (χ1v) is 6.00. The smallest absolute Gasteiger partial charge is 0.250 e. The lowest BCUT2D eigenvalue weighted by Gasteiger charge is -2.32. The third kappa shape index (κ3) is 2.90. The molecule has 0 aromatic rings. The molecule has 0 spiro atoms. The second-order valence-corrected chi connectivity index (χ2v) is 4.80. The highest BCUT2D eigenvalue weighted by molar-refractivity contribution is 5.78. The molecule has 2 fully saturated rings. The maximum Gasteiger partial charge on any atom is 0.250 e. The van der Waals surface area contributed by atoms with Crippen LogP contribution in [-0.2, 0) is 4.79 Å². The van der Waals surface area contributed by atoms with E-state index < -0.39 is 5.92 Å². The zero-order valence-electron chi connectivity index (χ0n) is 9.35. The number of amides is 1. The fourth-order valence-corrected chi connectivity index (χ4v) is 2.38. The van der Waals surface area contributed by atoms with Crippen LogP contribution >= 0.6 is 0 Å². The SMILES string of the molecule is O=C(NN1CCC(F)(F)CC1)C1CCCC1. The van der Waals surface area contributed by atoms with E-state index in [2.05, 4.69) is 5.43 Å². The molecule has 1 N–H and O–H groups in total. The summed E-state index contributed by atoms with van der Waals surface area (Å²) in [5.74, 6) is -2.43. The molecule has 1 amide bonds. The summed E-state index contributed by atoms with van der Waals surface area (Å²) in [6.07, 6.45) is 3.79. The Morgan fingerprint density at radius 2 is 1.75 bits per heavy atom. The number of hydrogen-bond donors (Lipinski definition) is 1. The first-order chi connectivity index (χ1) is 7.57. The molecule has 0 aromatic carbocycles. The molecular formula is C11H18F2N2O. The van der Waals surface area contributed by atoms with Gasteiger partial charge in [0.05, 0.1) is 0 Å². The van der Waals surface area contributed by atoms with Gasteiger partial charge in [0.2, 0.25) is 5.91 Å². The molecule has 2 rings (SSSR count). The van der Waals surface area contributed by atoms with Crippen LogP contribution in [0.3, 0.4) is 0 Å². The summed E-state index contributed by atoms with van der Waals surface area (Å²) >= 11 is 0. The van der Waals surface area contributed by atoms with Crippen molar-refractivity contribution in [2.75, 3.05) is 13.1 Å². The predicted molar refractivity (Wildman–Crippen MR) is 55.9 cm³/mol. The van der Waals surface area contributed by atoms with Gasteiger partial charge >= 0.3 is 0 Å². The van der Waals surface area contributed by atoms with E-state index >= 15 is 0 Å². The number of hydrogen-bond acceptors (Lipinski definition) is 2. The van der Waals surface area contributed by atoms with E-state index in [4.69, 9.17) is 0 Å². The average molecular weight is 232 g/mol. The number of halogens is 2. The molecule has 1 saturated heterocycles. The number of hydrazine groups is 1. The van der Waals surface area contributed by atoms with Gasteiger partial charge in [0.1, 0.15) is 0 Å². The first-order valence-electron chi connectivity index (χ1n) is 6.00. The summed E-state index contributed by atoms with van der Waals surface area (Å²) in [5, 5.41) is 1.64. The summed E-state index contributed by atoms with van der Waals surface area (Å²) in [6.45, 7) is 0.511. The van der Waals surface area contributed by atoms with E-state index in [0.29, 0.717) is 0 Å². The molecule has 2 aliphatic rings. The summed E-state index contributed by atoms with van der Waals surface area (Å²) in [7, 11) is 0. The number of carbonyl (C=O) groups is 1. The standard InChI is InChI=1S/C11H18F2N2O/c12-11(13)5-7-15(8-6-11)14-10(16)9-3-1-2-4-9/h9H,1-8H2,(H,14,16). The Bertz CT molecular complexity index is 255. The van der Waals surface area contributed by atoms with Gasteiger partial charge < -0.3 is 0 Å². The summed E-state index contributed by atoms with van der Waals surface area (Å²) in [6, 6.07) is 0. The van der Waals surface area contributed by atoms with Gasteiger partial charge in [0.15, 0.2) is 0 Å². The number of rotatable bonds is 2. The van der Waals surface area contributed by atoms with E-state index in [1.54, 1.807) is 5.01 Å². The summed E-state index contributed by atoms with van der Waals surface area (Å²) in [4.78, 5) is 11.7. The van der Waals surface area contributed by atoms with Crippen molar-refractivity contribution in [3.05, 3.63) is 0 Å². The monoisotopic (exact) mass is 232 g/mol. The van der Waals surface area contributed by atoms with Gasteiger partial charge in [-0.2, -0.15) is 0 Å². The molecule has 0 radical (unpaired) electrons. The van der Waals surface area contributed by atoms with E-state index in [-0.39, 0.29) is 37.8 Å². The highest BCUT2D eigenvalue weighted by Gasteiger charge is 2.35. The van der Waals surface area contributed by atoms with Crippen LogP contribution in [0.15, 0.2) is 0 Å². The summed E-state index contributed by atoms with van der Waals surface area (Å²) < 4.78 is 25.8. The highest BCUT2D eigenvalue weighted by atomic mass is 19.3. The second kappa shape index (κ2) is 4.65. The second-order valence-electron chi connectivity index (χ2n) is 4.80. The Morgan fingerprint density at radius 3 is 2.31 bits per heavy atom. The van der Waals surface area contributed by atoms with Crippen LogP contribution in [-0.4, -0.2) is 29.9 Å². The Morgan fingerprint density at radius 1 is 1.19 bits per heavy atom. The summed E-state index contributed by atoms with van der Waals surface area (Å²) in [5.41, 5.74) is 2.76. The van der Waals surface area contributed by atoms with Crippen LogP contribution in [0, 0.1) is 5.92 Å². The van der Waals surface area contributed by atoms with Crippen molar-refractivity contribution in [3.8, 4) is 0 Å². The van der Waals surface area contributed by atoms with Crippen LogP contribution in [0.1, 0.15) is 38.5 Å². The molecule has 0 aromatic heterocycles. The van der Waals surface area contributed by atoms with E-state index in [0.717, 1.165) is 25.7 Å². The minimum atomic E-state index is -2.55. The fourth-order valence-electron chi connectivity index (χ4n) is 2.38. The molecule has 1 heterocycles. The number of nitrogens with one attached hydrogen (secondary N) is 1. The van der Waals surface area contributed by atoms with Crippen LogP contribution in [0.2, 0.25) is 0 Å². The Kier molecular flexibility index (Phi) is 3.42. The Hall–Kier alpha value is -0.710. The largest absolute Gasteiger partial charge is 0.289 e. The quantitative estimate of drug-likeness (QED) is 0.789. The van der Waals surface area contributed by atoms with Gasteiger partial charge in [0, 0.05) is 31.8 Å². The molecule has 0 bridgehead atoms. The normalized spacial score (nSPS) is 26.9. The highest BCUT2D eigenvalue weighted by Crippen LogP contribution is 2.28. The minimum absolute atomic E-state index is 0.0164. The lowest BCUT2D eigenvalue weighted by molar-refractivity contribution is -0.133. The van der Waals surface area contributed by atoms with Crippen molar-refractivity contribution in [2.45, 2.75) is 44.4 Å². The number of carbonyl (C=O) groups excluding carboxylic acids is 1. The van der Waals surface area contributed by atoms with Crippen molar-refractivity contribution in [3.63, 3.8) is 0 Å². The third-order valence-corrected chi connectivity index (χ3v) is 3.49. The molecule has 1 aliphatic heterocycles. The van der Waals surface area contributed by atoms with Gasteiger partial charge in [-0.25, -0.2) is 13.8 Å². The zero-order valence-corrected chi connectivity index (χ0v) is 9.35. The van der Waals surface area contributed by atoms with Gasteiger partial charge in [0.25, 0.3) is 5.92 Å². The van der Waals surface area contributed by atoms with Crippen LogP contribution in [0.5, 0.6) is 0 Å². The van der Waals surface area contributed by atoms with Gasteiger partial charge in [-0.1, -0.05) is 12.8 Å². The molecule has 92 valence electrons. The van der Waals surface area contributed by atoms with E-state index in [9.17, 15) is 13.6 Å². The van der Waals surface area contributed by atoms with Crippen LogP contribution in [0.25, 0.3) is 0 Å². The van der Waals surface area contributed by atoms with E-state index in [1.165, 1.54) is 0 Å². The maximum atomic E-state index is 12.9. The van der Waals surface area contributed by atoms with Crippen LogP contribution < -0.4 is 5.43 Å². The van der Waals surface area contributed by atoms with Gasteiger partial charge in [-0.15, -0.1) is 0 Å². The lowest BCUT2D eigenvalue weighted by Crippen LogP contribution is -2.50. The predicted octanol–water partition coefficient (Wildman–Crippen LogP) is 1.94. The topological polar surface area (TPSA) is 32.3 Å². The zero-order chi connectivity index (χ0) is 11.6. The molecule has 16 heavy (non-hydrogen) atoms. The molecular weight excluding hydrogens is 214 g/mol. The van der Waals surface area contributed by atoms with E-state index in [1.807, 2.05) is 0 Å². The molecule has 5 heteroatoms. The third-order valence-electron chi connectivity index (χ3n) is 3.49. The van der Waals surface area contributed by atoms with Crippen molar-refractivity contribution in [1.82, 2.24) is 10.4 Å². The minimum Gasteiger partial charge on any atom is -0.289 e. The number of alkyl halides is 2. The van der Waals surface area contributed by atoms with Gasteiger partial charge in [-0.05, 0) is 12.8 Å². The maximum absolute atomic E-state index is 12.9. The molecule has 0 atom stereocenters. The average Bonchev–Trinajstić information content (AvgIpc) is 2.74. The van der Waals surface area contributed by atoms with Crippen molar-refractivity contribution in [1.29, 1.82) is 0 Å². The van der Waals surface area contributed by atoms with Crippen molar-refractivity contribution < 1.29 is 13.6 Å². The molecule has 3 nitrogen and oxygen atoms in total. The van der Waals surface area contributed by atoms with Gasteiger partial charge in [-0.3, -0.25) is 10.2 Å². The Balaban J connectivity index is 1.76. The molecule has 1 aliphatic carbocycles. The van der Waals surface area contributed by atoms with Crippen molar-refractivity contribution in [2.24, 2.45) is 5.92 Å². The molecule has 0 unspecified atom stereocenters. The molecule has 1 saturated carbocycles. The van der Waals surface area contributed by atoms with Crippen LogP contribution in [0.4, 0.5) is 8.78 Å². The lowest BCUT2D eigenvalue weighted by atomic mass is 10.1. The number of piperidine rings is 1. The first kappa shape index (κ1) is 11.8. The number of nitrogens with zero attached hydrogens (tertiary/aromatic N) is 1. The fraction of sp³-hybridized carbons (Fsp3) is 0.909.